The van der Waals surface area contributed by atoms with Gasteiger partial charge in [-0.2, -0.15) is 0 Å². The van der Waals surface area contributed by atoms with Crippen LogP contribution in [0.3, 0.4) is 0 Å². The molecule has 106 valence electrons. The highest BCUT2D eigenvalue weighted by molar-refractivity contribution is 5.78. The van der Waals surface area contributed by atoms with E-state index in [0.717, 1.165) is 26.2 Å². The minimum atomic E-state index is 0.0692. The molecule has 0 spiro atoms. The first kappa shape index (κ1) is 15.4. The highest BCUT2D eigenvalue weighted by Crippen LogP contribution is 2.01. The summed E-state index contributed by atoms with van der Waals surface area (Å²) >= 11 is 0. The molecule has 0 radical (unpaired) electrons. The number of aliphatic hydroxyl groups is 1. The SMILES string of the molecule is COCCN(CCO)CC(=O)N1CCN(C)CC1. The molecule has 1 aliphatic heterocycles. The molecule has 0 aromatic heterocycles. The van der Waals surface area contributed by atoms with Crippen LogP contribution >= 0.6 is 0 Å². The summed E-state index contributed by atoms with van der Waals surface area (Å²) in [5, 5.41) is 8.98. The number of hydrogen-bond donors (Lipinski definition) is 1. The molecular weight excluding hydrogens is 234 g/mol. The van der Waals surface area contributed by atoms with Crippen LogP contribution in [0, 0.1) is 0 Å². The first-order valence-corrected chi connectivity index (χ1v) is 6.46. The first-order chi connectivity index (χ1) is 8.67. The number of nitrogens with zero attached hydrogens (tertiary/aromatic N) is 3. The summed E-state index contributed by atoms with van der Waals surface area (Å²) in [7, 11) is 3.71. The Morgan fingerprint density at radius 3 is 2.50 bits per heavy atom. The van der Waals surface area contributed by atoms with Crippen LogP contribution in [0.15, 0.2) is 0 Å². The number of ether oxygens (including phenoxy) is 1. The van der Waals surface area contributed by atoms with Crippen molar-refractivity contribution in [3.63, 3.8) is 0 Å². The van der Waals surface area contributed by atoms with Gasteiger partial charge in [-0.25, -0.2) is 0 Å². The number of carbonyl (C=O) groups excluding carboxylic acids is 1. The van der Waals surface area contributed by atoms with E-state index in [-0.39, 0.29) is 12.5 Å². The molecule has 1 aliphatic rings. The monoisotopic (exact) mass is 259 g/mol. The quantitative estimate of drug-likeness (QED) is 0.616. The second kappa shape index (κ2) is 8.42. The summed E-state index contributed by atoms with van der Waals surface area (Å²) in [5.74, 6) is 0.146. The third kappa shape index (κ3) is 5.30. The molecule has 0 aliphatic carbocycles. The van der Waals surface area contributed by atoms with E-state index in [9.17, 15) is 4.79 Å². The van der Waals surface area contributed by atoms with Gasteiger partial charge in [0.15, 0.2) is 0 Å². The Morgan fingerprint density at radius 2 is 1.94 bits per heavy atom. The molecule has 6 nitrogen and oxygen atoms in total. The molecule has 1 N–H and O–H groups in total. The Kier molecular flexibility index (Phi) is 7.19. The lowest BCUT2D eigenvalue weighted by molar-refractivity contribution is -0.134. The molecule has 1 amide bonds. The standard InChI is InChI=1S/C12H25N3O3/c1-13-3-5-15(6-4-13)12(17)11-14(7-9-16)8-10-18-2/h16H,3-11H2,1-2H3. The molecule has 0 aromatic rings. The number of aliphatic hydroxyl groups excluding tert-OH is 1. The van der Waals surface area contributed by atoms with E-state index in [0.29, 0.717) is 26.2 Å². The molecule has 0 atom stereocenters. The summed E-state index contributed by atoms with van der Waals surface area (Å²) in [6, 6.07) is 0. The van der Waals surface area contributed by atoms with Crippen LogP contribution in [-0.2, 0) is 9.53 Å². The zero-order valence-electron chi connectivity index (χ0n) is 11.5. The van der Waals surface area contributed by atoms with Crippen molar-refractivity contribution in [2.45, 2.75) is 0 Å². The zero-order valence-corrected chi connectivity index (χ0v) is 11.5. The normalized spacial score (nSPS) is 17.4. The lowest BCUT2D eigenvalue weighted by atomic mass is 10.3. The van der Waals surface area contributed by atoms with Crippen LogP contribution in [-0.4, -0.2) is 98.9 Å². The Balaban J connectivity index is 2.35. The van der Waals surface area contributed by atoms with Crippen LogP contribution in [0.1, 0.15) is 0 Å². The first-order valence-electron chi connectivity index (χ1n) is 6.46. The summed E-state index contributed by atoms with van der Waals surface area (Å²) < 4.78 is 5.00. The summed E-state index contributed by atoms with van der Waals surface area (Å²) in [6.07, 6.45) is 0. The Bertz CT molecular complexity index is 243. The predicted octanol–water partition coefficient (Wildman–Crippen LogP) is -1.30. The lowest BCUT2D eigenvalue weighted by Gasteiger charge is -2.33. The summed E-state index contributed by atoms with van der Waals surface area (Å²) in [4.78, 5) is 18.2. The maximum Gasteiger partial charge on any atom is 0.236 e. The Morgan fingerprint density at radius 1 is 1.28 bits per heavy atom. The smallest absolute Gasteiger partial charge is 0.236 e. The largest absolute Gasteiger partial charge is 0.395 e. The lowest BCUT2D eigenvalue weighted by Crippen LogP contribution is -2.50. The fraction of sp³-hybridized carbons (Fsp3) is 0.917. The third-order valence-corrected chi connectivity index (χ3v) is 3.24. The van der Waals surface area contributed by atoms with E-state index in [2.05, 4.69) is 11.9 Å². The Hall–Kier alpha value is -0.690. The van der Waals surface area contributed by atoms with Gasteiger partial charge in [0.1, 0.15) is 0 Å². The number of rotatable bonds is 7. The van der Waals surface area contributed by atoms with Gasteiger partial charge in [-0.15, -0.1) is 0 Å². The molecule has 0 unspecified atom stereocenters. The average molecular weight is 259 g/mol. The molecule has 0 saturated carbocycles. The van der Waals surface area contributed by atoms with Gasteiger partial charge in [-0.3, -0.25) is 9.69 Å². The molecule has 1 fully saturated rings. The highest BCUT2D eigenvalue weighted by Gasteiger charge is 2.20. The number of likely N-dealkylation sites (N-methyl/N-ethyl adjacent to an activating group) is 1. The predicted molar refractivity (Wildman–Crippen MR) is 69.5 cm³/mol. The minimum absolute atomic E-state index is 0.0692. The van der Waals surface area contributed by atoms with E-state index in [1.807, 2.05) is 9.80 Å². The molecule has 0 bridgehead atoms. The van der Waals surface area contributed by atoms with Crippen LogP contribution in [0.25, 0.3) is 0 Å². The van der Waals surface area contributed by atoms with Crippen molar-refractivity contribution in [3.8, 4) is 0 Å². The number of methoxy groups -OCH3 is 1. The third-order valence-electron chi connectivity index (χ3n) is 3.24. The average Bonchev–Trinajstić information content (AvgIpc) is 2.37. The van der Waals surface area contributed by atoms with E-state index in [4.69, 9.17) is 9.84 Å². The fourth-order valence-electron chi connectivity index (χ4n) is 1.98. The van der Waals surface area contributed by atoms with Gasteiger partial charge in [-0.05, 0) is 7.05 Å². The topological polar surface area (TPSA) is 56.3 Å². The van der Waals surface area contributed by atoms with Crippen molar-refractivity contribution >= 4 is 5.91 Å². The van der Waals surface area contributed by atoms with Crippen molar-refractivity contribution in [2.24, 2.45) is 0 Å². The van der Waals surface area contributed by atoms with Gasteiger partial charge in [-0.1, -0.05) is 0 Å². The highest BCUT2D eigenvalue weighted by atomic mass is 16.5. The zero-order chi connectivity index (χ0) is 13.4. The molecule has 6 heteroatoms. The van der Waals surface area contributed by atoms with Crippen molar-refractivity contribution in [1.29, 1.82) is 0 Å². The second-order valence-electron chi connectivity index (χ2n) is 4.68. The molecule has 0 aromatic carbocycles. The van der Waals surface area contributed by atoms with Crippen LogP contribution in [0.2, 0.25) is 0 Å². The van der Waals surface area contributed by atoms with Crippen LogP contribution < -0.4 is 0 Å². The van der Waals surface area contributed by atoms with Crippen molar-refractivity contribution in [3.05, 3.63) is 0 Å². The maximum atomic E-state index is 12.1. The molecule has 1 saturated heterocycles. The van der Waals surface area contributed by atoms with Gasteiger partial charge in [0.25, 0.3) is 0 Å². The summed E-state index contributed by atoms with van der Waals surface area (Å²) in [6.45, 7) is 5.68. The number of amides is 1. The number of carbonyl (C=O) groups is 1. The Labute approximate surface area is 109 Å². The van der Waals surface area contributed by atoms with Crippen LogP contribution in [0.4, 0.5) is 0 Å². The molecule has 1 heterocycles. The molecular formula is C12H25N3O3. The summed E-state index contributed by atoms with van der Waals surface area (Å²) in [5.41, 5.74) is 0. The molecule has 1 rings (SSSR count). The second-order valence-corrected chi connectivity index (χ2v) is 4.68. The van der Waals surface area contributed by atoms with Gasteiger partial charge in [0.2, 0.25) is 5.91 Å². The van der Waals surface area contributed by atoms with E-state index in [1.54, 1.807) is 7.11 Å². The van der Waals surface area contributed by atoms with E-state index >= 15 is 0 Å². The number of piperazine rings is 1. The van der Waals surface area contributed by atoms with Crippen molar-refractivity contribution in [1.82, 2.24) is 14.7 Å². The van der Waals surface area contributed by atoms with Crippen molar-refractivity contribution < 1.29 is 14.6 Å². The van der Waals surface area contributed by atoms with E-state index in [1.165, 1.54) is 0 Å². The minimum Gasteiger partial charge on any atom is -0.395 e. The fourth-order valence-corrected chi connectivity index (χ4v) is 1.98. The van der Waals surface area contributed by atoms with E-state index < -0.39 is 0 Å². The number of hydrogen-bond acceptors (Lipinski definition) is 5. The molecule has 18 heavy (non-hydrogen) atoms. The van der Waals surface area contributed by atoms with Gasteiger partial charge >= 0.3 is 0 Å². The van der Waals surface area contributed by atoms with Crippen LogP contribution in [0.5, 0.6) is 0 Å². The maximum absolute atomic E-state index is 12.1. The van der Waals surface area contributed by atoms with Gasteiger partial charge in [0, 0.05) is 46.4 Å². The van der Waals surface area contributed by atoms with Gasteiger partial charge < -0.3 is 19.6 Å². The van der Waals surface area contributed by atoms with Gasteiger partial charge in [0.05, 0.1) is 19.8 Å². The van der Waals surface area contributed by atoms with Crippen molar-refractivity contribution in [2.75, 3.05) is 73.2 Å².